The second-order valence-corrected chi connectivity index (χ2v) is 4.14. The molecule has 1 aliphatic rings. The molecule has 1 aliphatic heterocycles. The maximum absolute atomic E-state index is 8.80. The van der Waals surface area contributed by atoms with Crippen LogP contribution in [-0.2, 0) is 11.2 Å². The molecule has 1 fully saturated rings. The molecule has 0 spiro atoms. The van der Waals surface area contributed by atoms with Crippen molar-refractivity contribution < 1.29 is 4.74 Å². The number of nitriles is 1. The molecule has 1 heterocycles. The van der Waals surface area contributed by atoms with Crippen LogP contribution in [0.2, 0.25) is 5.02 Å². The van der Waals surface area contributed by atoms with Gasteiger partial charge in [0.2, 0.25) is 0 Å². The molecule has 16 heavy (non-hydrogen) atoms. The first-order valence-electron chi connectivity index (χ1n) is 5.29. The maximum Gasteiger partial charge on any atom is 0.0670 e. The average Bonchev–Trinajstić information content (AvgIpc) is 2.31. The molecule has 0 bridgehead atoms. The number of benzene rings is 1. The molecule has 0 amide bonds. The second kappa shape index (κ2) is 5.20. The zero-order valence-corrected chi connectivity index (χ0v) is 9.70. The van der Waals surface area contributed by atoms with Crippen molar-refractivity contribution in [3.63, 3.8) is 0 Å². The van der Waals surface area contributed by atoms with E-state index in [1.54, 1.807) is 0 Å². The lowest BCUT2D eigenvalue weighted by Gasteiger charge is -2.30. The Hall–Kier alpha value is -1.24. The number of nitrogens with zero attached hydrogens (tertiary/aromatic N) is 2. The predicted molar refractivity (Wildman–Crippen MR) is 63.8 cm³/mol. The average molecular weight is 237 g/mol. The van der Waals surface area contributed by atoms with Crippen LogP contribution in [0.5, 0.6) is 0 Å². The van der Waals surface area contributed by atoms with Gasteiger partial charge in [-0.15, -0.1) is 0 Å². The van der Waals surface area contributed by atoms with Crippen LogP contribution in [0, 0.1) is 11.3 Å². The number of hydrogen-bond acceptors (Lipinski definition) is 3. The van der Waals surface area contributed by atoms with Gasteiger partial charge in [-0.3, -0.25) is 0 Å². The number of rotatable bonds is 2. The molecule has 3 nitrogen and oxygen atoms in total. The summed E-state index contributed by atoms with van der Waals surface area (Å²) < 4.78 is 5.31. The highest BCUT2D eigenvalue weighted by atomic mass is 35.5. The number of ether oxygens (including phenoxy) is 1. The Morgan fingerprint density at radius 3 is 2.81 bits per heavy atom. The zero-order valence-electron chi connectivity index (χ0n) is 8.95. The smallest absolute Gasteiger partial charge is 0.0670 e. The van der Waals surface area contributed by atoms with Gasteiger partial charge in [0, 0.05) is 23.8 Å². The van der Waals surface area contributed by atoms with Crippen LogP contribution in [0.15, 0.2) is 18.2 Å². The van der Waals surface area contributed by atoms with E-state index >= 15 is 0 Å². The minimum atomic E-state index is 0.396. The lowest BCUT2D eigenvalue weighted by molar-refractivity contribution is 0.122. The lowest BCUT2D eigenvalue weighted by atomic mass is 10.1. The first kappa shape index (κ1) is 11.3. The van der Waals surface area contributed by atoms with E-state index in [4.69, 9.17) is 21.6 Å². The highest BCUT2D eigenvalue weighted by Gasteiger charge is 2.14. The summed E-state index contributed by atoms with van der Waals surface area (Å²) >= 11 is 5.94. The summed E-state index contributed by atoms with van der Waals surface area (Å²) in [6.07, 6.45) is 0.396. The lowest BCUT2D eigenvalue weighted by Crippen LogP contribution is -2.36. The molecule has 0 atom stereocenters. The van der Waals surface area contributed by atoms with E-state index in [2.05, 4.69) is 11.0 Å². The second-order valence-electron chi connectivity index (χ2n) is 3.71. The van der Waals surface area contributed by atoms with Crippen LogP contribution in [0.1, 0.15) is 5.56 Å². The summed E-state index contributed by atoms with van der Waals surface area (Å²) in [5.41, 5.74) is 2.10. The minimum absolute atomic E-state index is 0.396. The van der Waals surface area contributed by atoms with E-state index in [0.29, 0.717) is 11.4 Å². The third-order valence-corrected chi connectivity index (χ3v) is 2.90. The van der Waals surface area contributed by atoms with Crippen molar-refractivity contribution in [2.24, 2.45) is 0 Å². The molecular formula is C12H13ClN2O. The standard InChI is InChI=1S/C12H13ClN2O/c13-11-1-2-12(10(9-11)3-4-14)15-5-7-16-8-6-15/h1-2,9H,3,5-8H2. The van der Waals surface area contributed by atoms with Crippen LogP contribution in [0.3, 0.4) is 0 Å². The van der Waals surface area contributed by atoms with E-state index < -0.39 is 0 Å². The summed E-state index contributed by atoms with van der Waals surface area (Å²) in [6.45, 7) is 3.24. The molecule has 0 aromatic heterocycles. The molecule has 4 heteroatoms. The first-order chi connectivity index (χ1) is 7.81. The Kier molecular flexibility index (Phi) is 3.66. The fourth-order valence-electron chi connectivity index (χ4n) is 1.89. The molecule has 84 valence electrons. The normalized spacial score (nSPS) is 15.9. The van der Waals surface area contributed by atoms with Crippen molar-refractivity contribution in [3.8, 4) is 6.07 Å². The molecule has 2 rings (SSSR count). The van der Waals surface area contributed by atoms with Crippen molar-refractivity contribution in [1.82, 2.24) is 0 Å². The van der Waals surface area contributed by atoms with Crippen molar-refractivity contribution >= 4 is 17.3 Å². The Bertz CT molecular complexity index is 408. The van der Waals surface area contributed by atoms with E-state index in [1.165, 1.54) is 0 Å². The molecule has 0 unspecified atom stereocenters. The monoisotopic (exact) mass is 236 g/mol. The van der Waals surface area contributed by atoms with Crippen molar-refractivity contribution in [2.75, 3.05) is 31.2 Å². The van der Waals surface area contributed by atoms with Gasteiger partial charge in [-0.05, 0) is 23.8 Å². The Labute approximate surface area is 100 Å². The number of anilines is 1. The maximum atomic E-state index is 8.80. The zero-order chi connectivity index (χ0) is 11.4. The summed E-state index contributed by atoms with van der Waals surface area (Å²) in [5, 5.41) is 9.48. The largest absolute Gasteiger partial charge is 0.378 e. The highest BCUT2D eigenvalue weighted by molar-refractivity contribution is 6.30. The van der Waals surface area contributed by atoms with Crippen molar-refractivity contribution in [3.05, 3.63) is 28.8 Å². The fraction of sp³-hybridized carbons (Fsp3) is 0.417. The minimum Gasteiger partial charge on any atom is -0.378 e. The Balaban J connectivity index is 2.27. The molecule has 1 aromatic rings. The van der Waals surface area contributed by atoms with Gasteiger partial charge in [-0.1, -0.05) is 11.6 Å². The van der Waals surface area contributed by atoms with Gasteiger partial charge in [-0.25, -0.2) is 0 Å². The van der Waals surface area contributed by atoms with Gasteiger partial charge < -0.3 is 9.64 Å². The third kappa shape index (κ3) is 2.46. The molecule has 0 N–H and O–H groups in total. The Morgan fingerprint density at radius 2 is 2.12 bits per heavy atom. The quantitative estimate of drug-likeness (QED) is 0.790. The third-order valence-electron chi connectivity index (χ3n) is 2.66. The van der Waals surface area contributed by atoms with E-state index in [-0.39, 0.29) is 0 Å². The van der Waals surface area contributed by atoms with Gasteiger partial charge in [0.05, 0.1) is 25.7 Å². The Morgan fingerprint density at radius 1 is 1.38 bits per heavy atom. The van der Waals surface area contributed by atoms with Gasteiger partial charge in [-0.2, -0.15) is 5.26 Å². The SMILES string of the molecule is N#CCc1cc(Cl)ccc1N1CCOCC1. The molecule has 0 saturated carbocycles. The van der Waals surface area contributed by atoms with Gasteiger partial charge in [0.1, 0.15) is 0 Å². The topological polar surface area (TPSA) is 36.3 Å². The fourth-order valence-corrected chi connectivity index (χ4v) is 2.09. The summed E-state index contributed by atoms with van der Waals surface area (Å²) in [6, 6.07) is 7.90. The molecule has 0 aliphatic carbocycles. The van der Waals surface area contributed by atoms with Crippen LogP contribution < -0.4 is 4.90 Å². The van der Waals surface area contributed by atoms with Crippen molar-refractivity contribution in [1.29, 1.82) is 5.26 Å². The van der Waals surface area contributed by atoms with E-state index in [9.17, 15) is 0 Å². The van der Waals surface area contributed by atoms with Gasteiger partial charge in [0.25, 0.3) is 0 Å². The number of halogens is 1. The van der Waals surface area contributed by atoms with E-state index in [1.807, 2.05) is 18.2 Å². The molecular weight excluding hydrogens is 224 g/mol. The predicted octanol–water partition coefficient (Wildman–Crippen LogP) is 2.24. The highest BCUT2D eigenvalue weighted by Crippen LogP contribution is 2.25. The number of hydrogen-bond donors (Lipinski definition) is 0. The molecule has 1 aromatic carbocycles. The van der Waals surface area contributed by atoms with Gasteiger partial charge in [0.15, 0.2) is 0 Å². The summed E-state index contributed by atoms with van der Waals surface area (Å²) in [7, 11) is 0. The number of morpholine rings is 1. The van der Waals surface area contributed by atoms with Crippen LogP contribution in [0.4, 0.5) is 5.69 Å². The summed E-state index contributed by atoms with van der Waals surface area (Å²) in [4.78, 5) is 2.24. The first-order valence-corrected chi connectivity index (χ1v) is 5.67. The summed E-state index contributed by atoms with van der Waals surface area (Å²) in [5.74, 6) is 0. The van der Waals surface area contributed by atoms with Crippen LogP contribution >= 0.6 is 11.6 Å². The van der Waals surface area contributed by atoms with Crippen LogP contribution in [0.25, 0.3) is 0 Å². The van der Waals surface area contributed by atoms with Crippen molar-refractivity contribution in [2.45, 2.75) is 6.42 Å². The van der Waals surface area contributed by atoms with Crippen LogP contribution in [-0.4, -0.2) is 26.3 Å². The molecule has 0 radical (unpaired) electrons. The molecule has 1 saturated heterocycles. The van der Waals surface area contributed by atoms with E-state index in [0.717, 1.165) is 37.6 Å². The van der Waals surface area contributed by atoms with Gasteiger partial charge >= 0.3 is 0 Å².